The number of benzene rings is 2. The van der Waals surface area contributed by atoms with Crippen molar-refractivity contribution in [3.63, 3.8) is 0 Å². The van der Waals surface area contributed by atoms with Gasteiger partial charge in [0, 0.05) is 57.2 Å². The van der Waals surface area contributed by atoms with E-state index in [1.165, 1.54) is 4.90 Å². The van der Waals surface area contributed by atoms with Gasteiger partial charge in [0.15, 0.2) is 0 Å². The van der Waals surface area contributed by atoms with Gasteiger partial charge in [-0.3, -0.25) is 4.79 Å². The average Bonchev–Trinajstić information content (AvgIpc) is 2.69. The van der Waals surface area contributed by atoms with Crippen molar-refractivity contribution in [3.05, 3.63) is 60.2 Å². The maximum absolute atomic E-state index is 12.5. The average molecular weight is 352 g/mol. The molecule has 0 radical (unpaired) electrons. The second kappa shape index (κ2) is 7.91. The Bertz CT molecular complexity index is 751. The number of anilines is 2. The van der Waals surface area contributed by atoms with Crippen molar-refractivity contribution in [3.8, 4) is 0 Å². The quantitative estimate of drug-likeness (QED) is 0.924. The largest absolute Gasteiger partial charge is 0.368 e. The minimum Gasteiger partial charge on any atom is -0.368 e. The van der Waals surface area contributed by atoms with Crippen molar-refractivity contribution in [2.45, 2.75) is 0 Å². The molecule has 1 fully saturated rings. The van der Waals surface area contributed by atoms with Crippen molar-refractivity contribution in [2.24, 2.45) is 0 Å². The fourth-order valence-electron chi connectivity index (χ4n) is 2.92. The third kappa shape index (κ3) is 4.14. The van der Waals surface area contributed by atoms with E-state index < -0.39 is 0 Å². The van der Waals surface area contributed by atoms with Gasteiger partial charge in [0.2, 0.25) is 0 Å². The summed E-state index contributed by atoms with van der Waals surface area (Å²) in [6, 6.07) is 17.1. The Labute approximate surface area is 154 Å². The van der Waals surface area contributed by atoms with Gasteiger partial charge in [-0.2, -0.15) is 0 Å². The van der Waals surface area contributed by atoms with Crippen LogP contribution < -0.4 is 10.2 Å². The first-order chi connectivity index (χ1) is 12.5. The number of carbonyl (C=O) groups is 2. The molecular weight excluding hydrogens is 328 g/mol. The molecule has 2 aromatic carbocycles. The summed E-state index contributed by atoms with van der Waals surface area (Å²) < 4.78 is 0. The molecule has 0 bridgehead atoms. The Balaban J connectivity index is 1.56. The van der Waals surface area contributed by atoms with Crippen LogP contribution in [-0.4, -0.2) is 62.0 Å². The van der Waals surface area contributed by atoms with E-state index >= 15 is 0 Å². The molecule has 0 aliphatic carbocycles. The lowest BCUT2D eigenvalue weighted by atomic mass is 10.1. The van der Waals surface area contributed by atoms with Crippen LogP contribution in [0.4, 0.5) is 16.2 Å². The number of hydrogen-bond donors (Lipinski definition) is 1. The second-order valence-corrected chi connectivity index (χ2v) is 6.52. The zero-order valence-corrected chi connectivity index (χ0v) is 15.2. The highest BCUT2D eigenvalue weighted by Gasteiger charge is 2.22. The van der Waals surface area contributed by atoms with Crippen molar-refractivity contribution in [2.75, 3.05) is 50.5 Å². The summed E-state index contributed by atoms with van der Waals surface area (Å²) in [7, 11) is 3.42. The molecule has 3 amide bonds. The number of piperazine rings is 1. The van der Waals surface area contributed by atoms with Gasteiger partial charge in [0.25, 0.3) is 5.91 Å². The van der Waals surface area contributed by atoms with E-state index in [-0.39, 0.29) is 11.9 Å². The van der Waals surface area contributed by atoms with Gasteiger partial charge in [0.1, 0.15) is 0 Å². The fourth-order valence-corrected chi connectivity index (χ4v) is 2.92. The number of carbonyl (C=O) groups excluding carboxylic acids is 2. The van der Waals surface area contributed by atoms with E-state index in [1.54, 1.807) is 14.1 Å². The number of urea groups is 1. The molecule has 0 atom stereocenters. The van der Waals surface area contributed by atoms with Crippen LogP contribution in [-0.2, 0) is 0 Å². The number of nitrogens with one attached hydrogen (secondary N) is 1. The van der Waals surface area contributed by atoms with E-state index in [1.807, 2.05) is 59.5 Å². The molecule has 136 valence electrons. The summed E-state index contributed by atoms with van der Waals surface area (Å²) in [5.74, 6) is 0.0898. The summed E-state index contributed by atoms with van der Waals surface area (Å²) in [6.45, 7) is 2.99. The lowest BCUT2D eigenvalue weighted by Gasteiger charge is -2.36. The number of hydrogen-bond acceptors (Lipinski definition) is 3. The smallest absolute Gasteiger partial charge is 0.321 e. The van der Waals surface area contributed by atoms with Gasteiger partial charge in [-0.25, -0.2) is 4.79 Å². The topological polar surface area (TPSA) is 55.9 Å². The Kier molecular flexibility index (Phi) is 5.41. The first-order valence-electron chi connectivity index (χ1n) is 8.72. The summed E-state index contributed by atoms with van der Waals surface area (Å²) in [6.07, 6.45) is 0. The van der Waals surface area contributed by atoms with Gasteiger partial charge >= 0.3 is 6.03 Å². The van der Waals surface area contributed by atoms with Crippen molar-refractivity contribution in [1.29, 1.82) is 0 Å². The molecule has 0 saturated carbocycles. The SMILES string of the molecule is CN(C)C(=O)Nc1ccc(N2CCN(C(=O)c3ccccc3)CC2)cc1. The minimum absolute atomic E-state index is 0.0898. The molecule has 1 heterocycles. The zero-order chi connectivity index (χ0) is 18.5. The van der Waals surface area contributed by atoms with Crippen LogP contribution in [0.3, 0.4) is 0 Å². The Morgan fingerprint density at radius 1 is 0.885 bits per heavy atom. The lowest BCUT2D eigenvalue weighted by Crippen LogP contribution is -2.48. The highest BCUT2D eigenvalue weighted by molar-refractivity contribution is 5.94. The number of rotatable bonds is 3. The van der Waals surface area contributed by atoms with E-state index in [9.17, 15) is 9.59 Å². The van der Waals surface area contributed by atoms with E-state index in [4.69, 9.17) is 0 Å². The lowest BCUT2D eigenvalue weighted by molar-refractivity contribution is 0.0747. The molecule has 2 aromatic rings. The molecule has 1 saturated heterocycles. The Morgan fingerprint density at radius 3 is 2.08 bits per heavy atom. The predicted molar refractivity (Wildman–Crippen MR) is 104 cm³/mol. The summed E-state index contributed by atoms with van der Waals surface area (Å²) in [5, 5.41) is 2.83. The van der Waals surface area contributed by atoms with Crippen LogP contribution in [0, 0.1) is 0 Å². The van der Waals surface area contributed by atoms with Gasteiger partial charge in [0.05, 0.1) is 0 Å². The molecule has 26 heavy (non-hydrogen) atoms. The van der Waals surface area contributed by atoms with Crippen LogP contribution in [0.25, 0.3) is 0 Å². The van der Waals surface area contributed by atoms with Crippen LogP contribution in [0.5, 0.6) is 0 Å². The molecular formula is C20H24N4O2. The first kappa shape index (κ1) is 17.8. The predicted octanol–water partition coefficient (Wildman–Crippen LogP) is 2.74. The standard InChI is InChI=1S/C20H24N4O2/c1-22(2)20(26)21-17-8-10-18(11-9-17)23-12-14-24(15-13-23)19(25)16-6-4-3-5-7-16/h3-11H,12-15H2,1-2H3,(H,21,26). The molecule has 6 nitrogen and oxygen atoms in total. The number of amides is 3. The third-order valence-electron chi connectivity index (χ3n) is 4.48. The van der Waals surface area contributed by atoms with Gasteiger partial charge in [-0.1, -0.05) is 18.2 Å². The fraction of sp³-hybridized carbons (Fsp3) is 0.300. The maximum atomic E-state index is 12.5. The van der Waals surface area contributed by atoms with Gasteiger partial charge in [-0.15, -0.1) is 0 Å². The Hall–Kier alpha value is -3.02. The molecule has 1 aliphatic rings. The Morgan fingerprint density at radius 2 is 1.50 bits per heavy atom. The van der Waals surface area contributed by atoms with E-state index in [2.05, 4.69) is 10.2 Å². The molecule has 1 N–H and O–H groups in total. The molecule has 6 heteroatoms. The molecule has 0 aromatic heterocycles. The molecule has 3 rings (SSSR count). The minimum atomic E-state index is -0.147. The maximum Gasteiger partial charge on any atom is 0.321 e. The molecule has 0 unspecified atom stereocenters. The zero-order valence-electron chi connectivity index (χ0n) is 15.2. The molecule has 1 aliphatic heterocycles. The van der Waals surface area contributed by atoms with Crippen LogP contribution >= 0.6 is 0 Å². The van der Waals surface area contributed by atoms with E-state index in [0.717, 1.165) is 30.0 Å². The summed E-state index contributed by atoms with van der Waals surface area (Å²) in [5.41, 5.74) is 2.60. The van der Waals surface area contributed by atoms with Crippen molar-refractivity contribution in [1.82, 2.24) is 9.80 Å². The summed E-state index contributed by atoms with van der Waals surface area (Å²) in [4.78, 5) is 29.8. The third-order valence-corrected chi connectivity index (χ3v) is 4.48. The van der Waals surface area contributed by atoms with Crippen molar-refractivity contribution >= 4 is 23.3 Å². The van der Waals surface area contributed by atoms with Gasteiger partial charge in [-0.05, 0) is 36.4 Å². The van der Waals surface area contributed by atoms with Crippen LogP contribution in [0.1, 0.15) is 10.4 Å². The van der Waals surface area contributed by atoms with Crippen molar-refractivity contribution < 1.29 is 9.59 Å². The van der Waals surface area contributed by atoms with Crippen LogP contribution in [0.15, 0.2) is 54.6 Å². The normalized spacial score (nSPS) is 14.1. The highest BCUT2D eigenvalue weighted by Crippen LogP contribution is 2.20. The second-order valence-electron chi connectivity index (χ2n) is 6.52. The van der Waals surface area contributed by atoms with Gasteiger partial charge < -0.3 is 20.0 Å². The first-order valence-corrected chi connectivity index (χ1v) is 8.72. The molecule has 0 spiro atoms. The monoisotopic (exact) mass is 352 g/mol. The summed E-state index contributed by atoms with van der Waals surface area (Å²) >= 11 is 0. The van der Waals surface area contributed by atoms with E-state index in [0.29, 0.717) is 13.1 Å². The highest BCUT2D eigenvalue weighted by atomic mass is 16.2. The van der Waals surface area contributed by atoms with Crippen LogP contribution in [0.2, 0.25) is 0 Å². The number of nitrogens with zero attached hydrogens (tertiary/aromatic N) is 3.